The van der Waals surface area contributed by atoms with Gasteiger partial charge in [0.1, 0.15) is 11.8 Å². The van der Waals surface area contributed by atoms with Crippen LogP contribution in [0.1, 0.15) is 16.7 Å². The Morgan fingerprint density at radius 1 is 1.32 bits per heavy atom. The highest BCUT2D eigenvalue weighted by Crippen LogP contribution is 2.30. The Morgan fingerprint density at radius 3 is 2.64 bits per heavy atom. The van der Waals surface area contributed by atoms with E-state index in [4.69, 9.17) is 9.84 Å². The molecule has 1 aromatic heterocycles. The van der Waals surface area contributed by atoms with E-state index in [1.807, 2.05) is 6.07 Å². The molecule has 0 unspecified atom stereocenters. The van der Waals surface area contributed by atoms with E-state index < -0.39 is 17.8 Å². The van der Waals surface area contributed by atoms with Crippen molar-refractivity contribution >= 4 is 6.09 Å². The highest BCUT2D eigenvalue weighted by molar-refractivity contribution is 5.64. The van der Waals surface area contributed by atoms with E-state index in [1.165, 1.54) is 12.1 Å². The Morgan fingerprint density at radius 2 is 2.08 bits per heavy atom. The highest BCUT2D eigenvalue weighted by Gasteiger charge is 2.30. The number of ether oxygens (including phenoxy) is 1. The van der Waals surface area contributed by atoms with Gasteiger partial charge in [-0.15, -0.1) is 0 Å². The summed E-state index contributed by atoms with van der Waals surface area (Å²) in [5.74, 6) is 0.0643. The lowest BCUT2D eigenvalue weighted by atomic mass is 10.1. The number of halogens is 3. The second-order valence-electron chi connectivity index (χ2n) is 4.91. The Kier molecular flexibility index (Phi) is 5.44. The standard InChI is InChI=1S/C16H12F3N3O3/c17-16(18,19)12-2-4-14(22-9-12)25-13-3-1-10(7-11(13)8-20)5-6-21-15(23)24/h1-4,7,9,21H,5-6H2,(H,23,24). The van der Waals surface area contributed by atoms with Crippen LogP contribution < -0.4 is 10.1 Å². The van der Waals surface area contributed by atoms with Gasteiger partial charge in [0.25, 0.3) is 0 Å². The van der Waals surface area contributed by atoms with Gasteiger partial charge in [-0.1, -0.05) is 6.07 Å². The van der Waals surface area contributed by atoms with E-state index in [0.717, 1.165) is 12.1 Å². The zero-order chi connectivity index (χ0) is 18.4. The molecule has 1 amide bonds. The van der Waals surface area contributed by atoms with E-state index in [0.29, 0.717) is 18.2 Å². The molecule has 6 nitrogen and oxygen atoms in total. The lowest BCUT2D eigenvalue weighted by Gasteiger charge is -2.10. The molecule has 1 aromatic carbocycles. The van der Waals surface area contributed by atoms with Crippen LogP contribution in [-0.2, 0) is 12.6 Å². The number of benzene rings is 1. The number of rotatable bonds is 5. The normalized spacial score (nSPS) is 10.8. The van der Waals surface area contributed by atoms with Crippen LogP contribution in [0.5, 0.6) is 11.6 Å². The van der Waals surface area contributed by atoms with Gasteiger partial charge in [-0.2, -0.15) is 18.4 Å². The lowest BCUT2D eigenvalue weighted by molar-refractivity contribution is -0.137. The number of hydrogen-bond acceptors (Lipinski definition) is 4. The quantitative estimate of drug-likeness (QED) is 0.858. The molecule has 0 fully saturated rings. The summed E-state index contributed by atoms with van der Waals surface area (Å²) in [5, 5.41) is 19.9. The Hall–Kier alpha value is -3.28. The van der Waals surface area contributed by atoms with Crippen LogP contribution in [0.4, 0.5) is 18.0 Å². The van der Waals surface area contributed by atoms with Crippen LogP contribution in [0.3, 0.4) is 0 Å². The molecule has 2 rings (SSSR count). The van der Waals surface area contributed by atoms with Crippen LogP contribution >= 0.6 is 0 Å². The molecule has 2 aromatic rings. The van der Waals surface area contributed by atoms with Gasteiger partial charge >= 0.3 is 12.3 Å². The molecule has 0 aliphatic heterocycles. The Balaban J connectivity index is 2.11. The molecular formula is C16H12F3N3O3. The molecule has 1 heterocycles. The lowest BCUT2D eigenvalue weighted by Crippen LogP contribution is -2.23. The highest BCUT2D eigenvalue weighted by atomic mass is 19.4. The van der Waals surface area contributed by atoms with Crippen LogP contribution in [0.2, 0.25) is 0 Å². The Labute approximate surface area is 140 Å². The van der Waals surface area contributed by atoms with Crippen molar-refractivity contribution in [2.45, 2.75) is 12.6 Å². The van der Waals surface area contributed by atoms with Crippen molar-refractivity contribution in [3.63, 3.8) is 0 Å². The van der Waals surface area contributed by atoms with Gasteiger partial charge in [0.15, 0.2) is 0 Å². The fourth-order valence-electron chi connectivity index (χ4n) is 1.94. The van der Waals surface area contributed by atoms with Crippen molar-refractivity contribution < 1.29 is 27.8 Å². The maximum atomic E-state index is 12.5. The number of alkyl halides is 3. The maximum absolute atomic E-state index is 12.5. The van der Waals surface area contributed by atoms with Gasteiger partial charge in [0.05, 0.1) is 11.1 Å². The summed E-state index contributed by atoms with van der Waals surface area (Å²) in [6.07, 6.45) is -4.61. The molecule has 0 bridgehead atoms. The van der Waals surface area contributed by atoms with Gasteiger partial charge in [-0.25, -0.2) is 9.78 Å². The fraction of sp³-hybridized carbons (Fsp3) is 0.188. The van der Waals surface area contributed by atoms with Crippen molar-refractivity contribution in [3.05, 3.63) is 53.2 Å². The molecule has 25 heavy (non-hydrogen) atoms. The molecule has 0 radical (unpaired) electrons. The number of nitrogens with one attached hydrogen (secondary N) is 1. The third-order valence-corrected chi connectivity index (χ3v) is 3.13. The molecule has 9 heteroatoms. The number of nitrogens with zero attached hydrogens (tertiary/aromatic N) is 2. The predicted molar refractivity (Wildman–Crippen MR) is 80.2 cm³/mol. The van der Waals surface area contributed by atoms with E-state index in [9.17, 15) is 23.2 Å². The van der Waals surface area contributed by atoms with Gasteiger partial charge in [-0.05, 0) is 30.2 Å². The summed E-state index contributed by atoms with van der Waals surface area (Å²) in [5.41, 5.74) is -0.0332. The summed E-state index contributed by atoms with van der Waals surface area (Å²) in [4.78, 5) is 14.0. The van der Waals surface area contributed by atoms with Crippen LogP contribution in [0, 0.1) is 11.3 Å². The van der Waals surface area contributed by atoms with E-state index in [-0.39, 0.29) is 23.7 Å². The smallest absolute Gasteiger partial charge is 0.417 e. The molecule has 0 aliphatic rings. The topological polar surface area (TPSA) is 95.2 Å². The first-order chi connectivity index (χ1) is 11.8. The number of hydrogen-bond donors (Lipinski definition) is 2. The molecule has 130 valence electrons. The molecule has 0 atom stereocenters. The summed E-state index contributed by atoms with van der Waals surface area (Å²) in [7, 11) is 0. The van der Waals surface area contributed by atoms with Crippen LogP contribution in [0.15, 0.2) is 36.5 Å². The van der Waals surface area contributed by atoms with Crippen molar-refractivity contribution in [1.29, 1.82) is 5.26 Å². The molecular weight excluding hydrogens is 339 g/mol. The summed E-state index contributed by atoms with van der Waals surface area (Å²) >= 11 is 0. The van der Waals surface area contributed by atoms with E-state index in [2.05, 4.69) is 10.3 Å². The van der Waals surface area contributed by atoms with E-state index in [1.54, 1.807) is 6.07 Å². The summed E-state index contributed by atoms with van der Waals surface area (Å²) < 4.78 is 42.8. The van der Waals surface area contributed by atoms with Crippen molar-refractivity contribution in [2.75, 3.05) is 6.54 Å². The Bertz CT molecular complexity index is 799. The minimum atomic E-state index is -4.49. The minimum Gasteiger partial charge on any atom is -0.465 e. The summed E-state index contributed by atoms with van der Waals surface area (Å²) in [6, 6.07) is 8.45. The maximum Gasteiger partial charge on any atom is 0.417 e. The van der Waals surface area contributed by atoms with Crippen molar-refractivity contribution in [2.24, 2.45) is 0 Å². The number of carbonyl (C=O) groups is 1. The van der Waals surface area contributed by atoms with Crippen LogP contribution in [-0.4, -0.2) is 22.7 Å². The zero-order valence-electron chi connectivity index (χ0n) is 12.7. The first kappa shape index (κ1) is 18.1. The molecule has 0 saturated heterocycles. The van der Waals surface area contributed by atoms with Gasteiger partial charge in [0, 0.05) is 18.8 Å². The monoisotopic (exact) mass is 351 g/mol. The molecule has 0 spiro atoms. The second-order valence-corrected chi connectivity index (χ2v) is 4.91. The second kappa shape index (κ2) is 7.53. The average molecular weight is 351 g/mol. The van der Waals surface area contributed by atoms with Gasteiger partial charge in [0.2, 0.25) is 5.88 Å². The number of pyridine rings is 1. The number of aromatic nitrogens is 1. The average Bonchev–Trinajstić information content (AvgIpc) is 2.55. The summed E-state index contributed by atoms with van der Waals surface area (Å²) in [6.45, 7) is 0.181. The van der Waals surface area contributed by atoms with Gasteiger partial charge in [-0.3, -0.25) is 0 Å². The fourth-order valence-corrected chi connectivity index (χ4v) is 1.94. The van der Waals surface area contributed by atoms with E-state index >= 15 is 0 Å². The number of amides is 1. The molecule has 0 saturated carbocycles. The molecule has 2 N–H and O–H groups in total. The van der Waals surface area contributed by atoms with Crippen molar-refractivity contribution in [3.8, 4) is 17.7 Å². The van der Waals surface area contributed by atoms with Crippen LogP contribution in [0.25, 0.3) is 0 Å². The van der Waals surface area contributed by atoms with Crippen molar-refractivity contribution in [1.82, 2.24) is 10.3 Å². The number of carboxylic acid groups (broad SMARTS) is 1. The zero-order valence-corrected chi connectivity index (χ0v) is 12.7. The predicted octanol–water partition coefficient (Wildman–Crippen LogP) is 3.57. The SMILES string of the molecule is N#Cc1cc(CCNC(=O)O)ccc1Oc1ccc(C(F)(F)F)cn1. The largest absolute Gasteiger partial charge is 0.465 e. The number of nitriles is 1. The third-order valence-electron chi connectivity index (χ3n) is 3.13. The molecule has 0 aliphatic carbocycles. The first-order valence-corrected chi connectivity index (χ1v) is 7.00. The first-order valence-electron chi connectivity index (χ1n) is 7.00. The third kappa shape index (κ3) is 5.10. The minimum absolute atomic E-state index is 0.0789. The van der Waals surface area contributed by atoms with Gasteiger partial charge < -0.3 is 15.2 Å².